The highest BCUT2D eigenvalue weighted by molar-refractivity contribution is 5.83. The molecule has 4 rings (SSSR count). The molecule has 4 aliphatic rings. The van der Waals surface area contributed by atoms with Gasteiger partial charge < -0.3 is 20.4 Å². The van der Waals surface area contributed by atoms with Gasteiger partial charge in [-0.05, 0) is 90.8 Å². The van der Waals surface area contributed by atoms with E-state index in [4.69, 9.17) is 0 Å². The number of fused-ring (bicyclic) bond motifs is 5. The molecule has 13 atom stereocenters. The summed E-state index contributed by atoms with van der Waals surface area (Å²) >= 11 is 0. The van der Waals surface area contributed by atoms with Gasteiger partial charge in [0.05, 0.1) is 24.4 Å². The molecule has 5 heteroatoms. The predicted molar refractivity (Wildman–Crippen MR) is 133 cm³/mol. The van der Waals surface area contributed by atoms with Gasteiger partial charge in [0.25, 0.3) is 0 Å². The molecule has 34 heavy (non-hydrogen) atoms. The van der Waals surface area contributed by atoms with Crippen LogP contribution in [0.4, 0.5) is 0 Å². The number of rotatable bonds is 6. The molecule has 0 bridgehead atoms. The fourth-order valence-corrected chi connectivity index (χ4v) is 9.89. The normalized spacial score (nSPS) is 48.0. The largest absolute Gasteiger partial charge is 0.390 e. The zero-order valence-corrected chi connectivity index (χ0v) is 22.3. The zero-order chi connectivity index (χ0) is 25.2. The van der Waals surface area contributed by atoms with Crippen LogP contribution in [0.5, 0.6) is 0 Å². The van der Waals surface area contributed by atoms with Gasteiger partial charge in [-0.3, -0.25) is 4.79 Å². The van der Waals surface area contributed by atoms with E-state index in [1.807, 2.05) is 0 Å². The molecule has 0 unspecified atom stereocenters. The maximum absolute atomic E-state index is 13.4. The lowest BCUT2D eigenvalue weighted by Gasteiger charge is -2.61. The quantitative estimate of drug-likeness (QED) is 0.459. The second kappa shape index (κ2) is 9.43. The van der Waals surface area contributed by atoms with Crippen LogP contribution in [0.3, 0.4) is 0 Å². The van der Waals surface area contributed by atoms with Gasteiger partial charge in [0.1, 0.15) is 5.78 Å². The molecule has 196 valence electrons. The summed E-state index contributed by atoms with van der Waals surface area (Å²) < 4.78 is 0. The van der Waals surface area contributed by atoms with Crippen LogP contribution in [0.1, 0.15) is 92.9 Å². The first-order valence-electron chi connectivity index (χ1n) is 14.1. The van der Waals surface area contributed by atoms with Crippen molar-refractivity contribution in [3.63, 3.8) is 0 Å². The van der Waals surface area contributed by atoms with Crippen LogP contribution in [0.2, 0.25) is 0 Å². The topological polar surface area (TPSA) is 98.0 Å². The summed E-state index contributed by atoms with van der Waals surface area (Å²) in [5, 5.41) is 43.1. The smallest absolute Gasteiger partial charge is 0.136 e. The molecular formula is C29H50O5. The highest BCUT2D eigenvalue weighted by Crippen LogP contribution is 2.67. The monoisotopic (exact) mass is 478 g/mol. The van der Waals surface area contributed by atoms with Gasteiger partial charge >= 0.3 is 0 Å². The summed E-state index contributed by atoms with van der Waals surface area (Å²) in [6, 6.07) is 0. The molecular weight excluding hydrogens is 428 g/mol. The summed E-state index contributed by atoms with van der Waals surface area (Å²) in [7, 11) is 0. The Bertz CT molecular complexity index is 753. The van der Waals surface area contributed by atoms with E-state index in [1.165, 1.54) is 0 Å². The van der Waals surface area contributed by atoms with E-state index in [0.29, 0.717) is 48.9 Å². The highest BCUT2D eigenvalue weighted by atomic mass is 16.3. The Balaban J connectivity index is 1.55. The molecule has 0 radical (unpaired) electrons. The van der Waals surface area contributed by atoms with Gasteiger partial charge in [0.2, 0.25) is 0 Å². The van der Waals surface area contributed by atoms with Crippen LogP contribution in [0, 0.1) is 58.2 Å². The summed E-state index contributed by atoms with van der Waals surface area (Å²) in [4.78, 5) is 13.4. The Morgan fingerprint density at radius 2 is 1.59 bits per heavy atom. The molecule has 0 aromatic carbocycles. The van der Waals surface area contributed by atoms with Gasteiger partial charge in [0.15, 0.2) is 0 Å². The van der Waals surface area contributed by atoms with Crippen molar-refractivity contribution in [3.8, 4) is 0 Å². The molecule has 0 aromatic rings. The van der Waals surface area contributed by atoms with Crippen LogP contribution in [0.25, 0.3) is 0 Å². The number of Topliss-reactive ketones (excluding diaryl/α,β-unsaturated/α-hetero) is 1. The van der Waals surface area contributed by atoms with E-state index in [0.717, 1.165) is 32.1 Å². The van der Waals surface area contributed by atoms with Crippen LogP contribution >= 0.6 is 0 Å². The number of carbonyl (C=O) groups is 1. The standard InChI is InChI=1S/C29H50O5/c1-7-17(15(2)3)27(34)26(33)16(4)19-8-9-20-18-12-23(30)22-13-24(31)25(32)14-29(22,6)21(18)10-11-28(19,20)5/h15-22,24-27,31-34H,7-14H2,1-6H3/t16-,17-,18-,19+,20-,21-,22+,24-,25-,26+,27+,28+,29+/m0/s1. The lowest BCUT2D eigenvalue weighted by atomic mass is 9.44. The molecule has 0 aliphatic heterocycles. The average Bonchev–Trinajstić information content (AvgIpc) is 3.12. The average molecular weight is 479 g/mol. The van der Waals surface area contributed by atoms with Crippen molar-refractivity contribution in [3.05, 3.63) is 0 Å². The molecule has 0 saturated heterocycles. The summed E-state index contributed by atoms with van der Waals surface area (Å²) in [5.41, 5.74) is -0.165. The predicted octanol–water partition coefficient (Wildman–Crippen LogP) is 4.20. The highest BCUT2D eigenvalue weighted by Gasteiger charge is 2.63. The fraction of sp³-hybridized carbons (Fsp3) is 0.966. The summed E-state index contributed by atoms with van der Waals surface area (Å²) in [6.45, 7) is 13.1. The molecule has 0 heterocycles. The third kappa shape index (κ3) is 4.01. The Morgan fingerprint density at radius 1 is 0.941 bits per heavy atom. The van der Waals surface area contributed by atoms with Crippen molar-refractivity contribution in [2.24, 2.45) is 58.2 Å². The number of aliphatic hydroxyl groups is 4. The molecule has 4 fully saturated rings. The zero-order valence-electron chi connectivity index (χ0n) is 22.3. The number of aliphatic hydroxyl groups excluding tert-OH is 4. The number of ketones is 1. The molecule has 0 aromatic heterocycles. The Labute approximate surface area is 206 Å². The maximum Gasteiger partial charge on any atom is 0.136 e. The fourth-order valence-electron chi connectivity index (χ4n) is 9.89. The van der Waals surface area contributed by atoms with Crippen molar-refractivity contribution < 1.29 is 25.2 Å². The van der Waals surface area contributed by atoms with Gasteiger partial charge in [-0.25, -0.2) is 0 Å². The summed E-state index contributed by atoms with van der Waals surface area (Å²) in [5.74, 6) is 2.12. The van der Waals surface area contributed by atoms with E-state index in [-0.39, 0.29) is 34.4 Å². The van der Waals surface area contributed by atoms with Crippen molar-refractivity contribution in [1.82, 2.24) is 0 Å². The summed E-state index contributed by atoms with van der Waals surface area (Å²) in [6.07, 6.45) is 3.69. The first-order chi connectivity index (χ1) is 15.9. The minimum absolute atomic E-state index is 0.0172. The van der Waals surface area contributed by atoms with Crippen LogP contribution < -0.4 is 0 Å². The van der Waals surface area contributed by atoms with E-state index in [1.54, 1.807) is 0 Å². The van der Waals surface area contributed by atoms with Gasteiger partial charge in [0, 0.05) is 12.3 Å². The van der Waals surface area contributed by atoms with Crippen molar-refractivity contribution in [2.75, 3.05) is 0 Å². The van der Waals surface area contributed by atoms with Crippen molar-refractivity contribution >= 4 is 5.78 Å². The second-order valence-corrected chi connectivity index (χ2v) is 13.6. The van der Waals surface area contributed by atoms with Crippen LogP contribution in [0.15, 0.2) is 0 Å². The van der Waals surface area contributed by atoms with Crippen molar-refractivity contribution in [1.29, 1.82) is 0 Å². The van der Waals surface area contributed by atoms with E-state index in [9.17, 15) is 25.2 Å². The second-order valence-electron chi connectivity index (χ2n) is 13.6. The van der Waals surface area contributed by atoms with E-state index in [2.05, 4.69) is 41.5 Å². The minimum Gasteiger partial charge on any atom is -0.390 e. The first kappa shape index (κ1) is 26.6. The number of hydrogen-bond donors (Lipinski definition) is 4. The molecule has 0 amide bonds. The maximum atomic E-state index is 13.4. The Hall–Kier alpha value is -0.490. The van der Waals surface area contributed by atoms with E-state index < -0.39 is 24.4 Å². The minimum atomic E-state index is -0.783. The Kier molecular flexibility index (Phi) is 7.37. The lowest BCUT2D eigenvalue weighted by molar-refractivity contribution is -0.175. The van der Waals surface area contributed by atoms with Gasteiger partial charge in [-0.1, -0.05) is 48.0 Å². The van der Waals surface area contributed by atoms with Gasteiger partial charge in [-0.2, -0.15) is 0 Å². The van der Waals surface area contributed by atoms with Gasteiger partial charge in [-0.15, -0.1) is 0 Å². The van der Waals surface area contributed by atoms with E-state index >= 15 is 0 Å². The number of hydrogen-bond acceptors (Lipinski definition) is 5. The SMILES string of the molecule is CC[C@@H](C(C)C)[C@@H](O)[C@H](O)[C@@H](C)[C@H]1CC[C@H]2[C@@H]3CC(=O)[C@H]4C[C@H](O)[C@@H](O)C[C@]4(C)[C@H]3CC[C@]12C. The molecule has 4 aliphatic carbocycles. The van der Waals surface area contributed by atoms with Crippen molar-refractivity contribution in [2.45, 2.75) is 117 Å². The Morgan fingerprint density at radius 3 is 2.21 bits per heavy atom. The van der Waals surface area contributed by atoms with Crippen LogP contribution in [-0.2, 0) is 4.79 Å². The van der Waals surface area contributed by atoms with Crippen LogP contribution in [-0.4, -0.2) is 50.6 Å². The molecule has 5 nitrogen and oxygen atoms in total. The third-order valence-corrected chi connectivity index (χ3v) is 11.8. The lowest BCUT2D eigenvalue weighted by Crippen LogP contribution is -2.59. The number of carbonyl (C=O) groups excluding carboxylic acids is 1. The molecule has 0 spiro atoms. The molecule has 4 saturated carbocycles. The third-order valence-electron chi connectivity index (χ3n) is 11.8. The molecule has 4 N–H and O–H groups in total. The first-order valence-corrected chi connectivity index (χ1v) is 14.1.